The number of nitrogens with two attached hydrogens (primary N) is 1. The molecule has 0 aromatic heterocycles. The van der Waals surface area contributed by atoms with E-state index in [1.165, 1.54) is 6.92 Å². The molecule has 10 nitrogen and oxygen atoms in total. The number of carbonyl (C=O) groups excluding carboxylic acids is 3. The van der Waals surface area contributed by atoms with Crippen molar-refractivity contribution in [3.8, 4) is 0 Å². The van der Waals surface area contributed by atoms with Gasteiger partial charge in [-0.3, -0.25) is 9.59 Å². The van der Waals surface area contributed by atoms with Crippen LogP contribution in [0.2, 0.25) is 0 Å². The van der Waals surface area contributed by atoms with E-state index in [2.05, 4.69) is 5.32 Å². The lowest BCUT2D eigenvalue weighted by Crippen LogP contribution is -2.58. The summed E-state index contributed by atoms with van der Waals surface area (Å²) < 4.78 is 5.31. The monoisotopic (exact) mass is 437 g/mol. The SMILES string of the molecule is CC(C)[C@H](NC(=O)[C@H]1[C@H](O)[C@H](O)[C@@H](CO)N1C(=O)[C@@H](C)N)C(=O)OCc1ccccc1. The van der Waals surface area contributed by atoms with Gasteiger partial charge < -0.3 is 36.0 Å². The lowest BCUT2D eigenvalue weighted by atomic mass is 10.0. The molecular formula is C21H31N3O7. The van der Waals surface area contributed by atoms with Crippen LogP contribution in [0, 0.1) is 5.92 Å². The van der Waals surface area contributed by atoms with E-state index in [1.807, 2.05) is 6.07 Å². The second-order valence-corrected chi connectivity index (χ2v) is 8.03. The Morgan fingerprint density at radius 3 is 2.26 bits per heavy atom. The van der Waals surface area contributed by atoms with Gasteiger partial charge in [-0.25, -0.2) is 4.79 Å². The molecule has 0 aliphatic carbocycles. The Morgan fingerprint density at radius 1 is 1.13 bits per heavy atom. The molecule has 2 amide bonds. The highest BCUT2D eigenvalue weighted by molar-refractivity contribution is 5.93. The van der Waals surface area contributed by atoms with Gasteiger partial charge in [-0.2, -0.15) is 0 Å². The number of rotatable bonds is 8. The summed E-state index contributed by atoms with van der Waals surface area (Å²) in [6.45, 7) is 4.14. The zero-order valence-corrected chi connectivity index (χ0v) is 17.8. The van der Waals surface area contributed by atoms with Crippen LogP contribution in [-0.4, -0.2) is 81.0 Å². The maximum Gasteiger partial charge on any atom is 0.329 e. The minimum absolute atomic E-state index is 0.0193. The molecule has 0 radical (unpaired) electrons. The topological polar surface area (TPSA) is 162 Å². The van der Waals surface area contributed by atoms with Crippen molar-refractivity contribution in [1.29, 1.82) is 0 Å². The number of ether oxygens (including phenoxy) is 1. The zero-order chi connectivity index (χ0) is 23.3. The van der Waals surface area contributed by atoms with Crippen LogP contribution in [-0.2, 0) is 25.7 Å². The molecule has 6 N–H and O–H groups in total. The van der Waals surface area contributed by atoms with Crippen LogP contribution in [0.1, 0.15) is 26.3 Å². The fourth-order valence-electron chi connectivity index (χ4n) is 3.52. The Labute approximate surface area is 181 Å². The number of aliphatic hydroxyl groups excluding tert-OH is 3. The first kappa shape index (κ1) is 24.7. The van der Waals surface area contributed by atoms with E-state index in [4.69, 9.17) is 10.5 Å². The fraction of sp³-hybridized carbons (Fsp3) is 0.571. The van der Waals surface area contributed by atoms with E-state index in [-0.39, 0.29) is 12.5 Å². The van der Waals surface area contributed by atoms with Crippen LogP contribution in [0.3, 0.4) is 0 Å². The molecule has 1 saturated heterocycles. The number of hydrogen-bond acceptors (Lipinski definition) is 8. The summed E-state index contributed by atoms with van der Waals surface area (Å²) in [7, 11) is 0. The Morgan fingerprint density at radius 2 is 1.74 bits per heavy atom. The standard InChI is InChI=1S/C21H31N3O7/c1-11(2)15(21(30)31-10-13-7-5-4-6-8-13)23-19(28)16-18(27)17(26)14(9-25)24(16)20(29)12(3)22/h4-8,11-12,14-18,25-27H,9-10,22H2,1-3H3,(H,23,28)/t12-,14-,15+,16-,17-,18+/m1/s1. The number of amides is 2. The maximum absolute atomic E-state index is 13.0. The number of carbonyl (C=O) groups is 3. The normalized spacial score (nSPS) is 25.2. The average Bonchev–Trinajstić information content (AvgIpc) is 3.00. The zero-order valence-electron chi connectivity index (χ0n) is 17.8. The van der Waals surface area contributed by atoms with Gasteiger partial charge in [0.25, 0.3) is 0 Å². The first-order valence-electron chi connectivity index (χ1n) is 10.2. The molecule has 10 heteroatoms. The van der Waals surface area contributed by atoms with Gasteiger partial charge >= 0.3 is 5.97 Å². The molecule has 1 aromatic rings. The van der Waals surface area contributed by atoms with E-state index >= 15 is 0 Å². The smallest absolute Gasteiger partial charge is 0.329 e. The third-order valence-electron chi connectivity index (χ3n) is 5.27. The second kappa shape index (κ2) is 10.7. The largest absolute Gasteiger partial charge is 0.459 e. The highest BCUT2D eigenvalue weighted by atomic mass is 16.5. The van der Waals surface area contributed by atoms with Crippen molar-refractivity contribution in [3.05, 3.63) is 35.9 Å². The molecule has 0 spiro atoms. The van der Waals surface area contributed by atoms with Crippen LogP contribution in [0.25, 0.3) is 0 Å². The van der Waals surface area contributed by atoms with Crippen LogP contribution in [0.15, 0.2) is 30.3 Å². The Balaban J connectivity index is 2.17. The van der Waals surface area contributed by atoms with Gasteiger partial charge in [0.2, 0.25) is 11.8 Å². The van der Waals surface area contributed by atoms with E-state index in [9.17, 15) is 29.7 Å². The highest BCUT2D eigenvalue weighted by Gasteiger charge is 2.53. The van der Waals surface area contributed by atoms with Crippen LogP contribution < -0.4 is 11.1 Å². The van der Waals surface area contributed by atoms with Gasteiger partial charge in [0, 0.05) is 0 Å². The summed E-state index contributed by atoms with van der Waals surface area (Å²) >= 11 is 0. The minimum atomic E-state index is -1.66. The Kier molecular flexibility index (Phi) is 8.52. The number of benzene rings is 1. The highest BCUT2D eigenvalue weighted by Crippen LogP contribution is 2.26. The van der Waals surface area contributed by atoms with Crippen molar-refractivity contribution in [2.24, 2.45) is 11.7 Å². The number of hydrogen-bond donors (Lipinski definition) is 5. The van der Waals surface area contributed by atoms with E-state index in [0.717, 1.165) is 10.5 Å². The molecule has 1 fully saturated rings. The van der Waals surface area contributed by atoms with Gasteiger partial charge in [-0.15, -0.1) is 0 Å². The van der Waals surface area contributed by atoms with Crippen LogP contribution in [0.5, 0.6) is 0 Å². The molecule has 1 aromatic carbocycles. The van der Waals surface area contributed by atoms with Gasteiger partial charge in [0.05, 0.1) is 18.7 Å². The van der Waals surface area contributed by atoms with Gasteiger partial charge in [0.1, 0.15) is 30.9 Å². The van der Waals surface area contributed by atoms with Gasteiger partial charge in [-0.05, 0) is 18.4 Å². The van der Waals surface area contributed by atoms with Gasteiger partial charge in [-0.1, -0.05) is 44.2 Å². The third kappa shape index (κ3) is 5.59. The summed E-state index contributed by atoms with van der Waals surface area (Å²) in [5.74, 6) is -2.61. The molecular weight excluding hydrogens is 406 g/mol. The van der Waals surface area contributed by atoms with Crippen molar-refractivity contribution in [2.45, 2.75) is 63.8 Å². The predicted molar refractivity (Wildman–Crippen MR) is 110 cm³/mol. The van der Waals surface area contributed by atoms with Crippen molar-refractivity contribution in [2.75, 3.05) is 6.61 Å². The summed E-state index contributed by atoms with van der Waals surface area (Å²) in [6, 6.07) is 4.22. The third-order valence-corrected chi connectivity index (χ3v) is 5.27. The number of aliphatic hydroxyl groups is 3. The molecule has 1 heterocycles. The summed E-state index contributed by atoms with van der Waals surface area (Å²) in [6.07, 6.45) is -3.21. The van der Waals surface area contributed by atoms with Crippen molar-refractivity contribution in [3.63, 3.8) is 0 Å². The molecule has 172 valence electrons. The second-order valence-electron chi connectivity index (χ2n) is 8.03. The number of nitrogens with one attached hydrogen (secondary N) is 1. The van der Waals surface area contributed by atoms with Gasteiger partial charge in [0.15, 0.2) is 0 Å². The fourth-order valence-corrected chi connectivity index (χ4v) is 3.52. The first-order valence-corrected chi connectivity index (χ1v) is 10.2. The molecule has 0 saturated carbocycles. The quantitative estimate of drug-likeness (QED) is 0.307. The molecule has 2 rings (SSSR count). The lowest BCUT2D eigenvalue weighted by Gasteiger charge is -2.31. The summed E-state index contributed by atoms with van der Waals surface area (Å²) in [5.41, 5.74) is 6.41. The van der Waals surface area contributed by atoms with E-state index in [0.29, 0.717) is 0 Å². The molecule has 31 heavy (non-hydrogen) atoms. The number of nitrogens with zero attached hydrogens (tertiary/aromatic N) is 1. The van der Waals surface area contributed by atoms with Crippen molar-refractivity contribution < 1.29 is 34.4 Å². The van der Waals surface area contributed by atoms with Crippen LogP contribution >= 0.6 is 0 Å². The Bertz CT molecular complexity index is 771. The summed E-state index contributed by atoms with van der Waals surface area (Å²) in [4.78, 5) is 39.0. The number of likely N-dealkylation sites (tertiary alicyclic amines) is 1. The molecule has 1 aliphatic heterocycles. The molecule has 0 unspecified atom stereocenters. The summed E-state index contributed by atoms with van der Waals surface area (Å²) in [5, 5.41) is 32.7. The number of esters is 1. The maximum atomic E-state index is 13.0. The Hall–Kier alpha value is -2.53. The van der Waals surface area contributed by atoms with E-state index < -0.39 is 60.8 Å². The average molecular weight is 437 g/mol. The molecule has 1 aliphatic rings. The first-order chi connectivity index (χ1) is 14.6. The molecule has 6 atom stereocenters. The minimum Gasteiger partial charge on any atom is -0.459 e. The van der Waals surface area contributed by atoms with E-state index in [1.54, 1.807) is 38.1 Å². The van der Waals surface area contributed by atoms with Crippen molar-refractivity contribution in [1.82, 2.24) is 10.2 Å². The van der Waals surface area contributed by atoms with Crippen LogP contribution in [0.4, 0.5) is 0 Å². The lowest BCUT2D eigenvalue weighted by molar-refractivity contribution is -0.152. The molecule has 0 bridgehead atoms. The predicted octanol–water partition coefficient (Wildman–Crippen LogP) is -1.49. The van der Waals surface area contributed by atoms with Crippen molar-refractivity contribution >= 4 is 17.8 Å².